The van der Waals surface area contributed by atoms with E-state index in [0.29, 0.717) is 16.5 Å². The SMILES string of the molecule is COc1cccc(/C=C/C(=O)NNC(=O)c2n[nH]c(=O)c3ccccc23)c1. The van der Waals surface area contributed by atoms with Gasteiger partial charge in [-0.15, -0.1) is 0 Å². The van der Waals surface area contributed by atoms with E-state index in [-0.39, 0.29) is 5.69 Å². The number of aromatic amines is 1. The zero-order valence-electron chi connectivity index (χ0n) is 14.4. The lowest BCUT2D eigenvalue weighted by Crippen LogP contribution is -2.41. The van der Waals surface area contributed by atoms with E-state index < -0.39 is 17.4 Å². The van der Waals surface area contributed by atoms with Crippen LogP contribution in [0.5, 0.6) is 5.75 Å². The molecule has 0 saturated heterocycles. The lowest BCUT2D eigenvalue weighted by Gasteiger charge is -2.06. The van der Waals surface area contributed by atoms with E-state index in [1.807, 2.05) is 0 Å². The summed E-state index contributed by atoms with van der Waals surface area (Å²) in [4.78, 5) is 35.9. The summed E-state index contributed by atoms with van der Waals surface area (Å²) in [7, 11) is 1.56. The Balaban J connectivity index is 1.67. The number of aromatic nitrogens is 2. The lowest BCUT2D eigenvalue weighted by molar-refractivity contribution is -0.117. The van der Waals surface area contributed by atoms with Gasteiger partial charge in [-0.05, 0) is 29.8 Å². The highest BCUT2D eigenvalue weighted by atomic mass is 16.5. The fourth-order valence-corrected chi connectivity index (χ4v) is 2.42. The molecular formula is C19H16N4O4. The van der Waals surface area contributed by atoms with Crippen molar-refractivity contribution in [1.29, 1.82) is 0 Å². The molecule has 3 aromatic rings. The van der Waals surface area contributed by atoms with Crippen LogP contribution in [0.4, 0.5) is 0 Å². The van der Waals surface area contributed by atoms with Crippen LogP contribution in [0.2, 0.25) is 0 Å². The molecule has 3 rings (SSSR count). The van der Waals surface area contributed by atoms with Crippen molar-refractivity contribution in [3.63, 3.8) is 0 Å². The van der Waals surface area contributed by atoms with E-state index in [9.17, 15) is 14.4 Å². The summed E-state index contributed by atoms with van der Waals surface area (Å²) < 4.78 is 5.11. The zero-order valence-corrected chi connectivity index (χ0v) is 14.4. The van der Waals surface area contributed by atoms with E-state index in [0.717, 1.165) is 5.56 Å². The van der Waals surface area contributed by atoms with Gasteiger partial charge in [0.15, 0.2) is 5.69 Å². The van der Waals surface area contributed by atoms with Gasteiger partial charge in [-0.1, -0.05) is 30.3 Å². The van der Waals surface area contributed by atoms with Crippen LogP contribution in [0, 0.1) is 0 Å². The summed E-state index contributed by atoms with van der Waals surface area (Å²) in [6.45, 7) is 0. The maximum atomic E-state index is 12.3. The van der Waals surface area contributed by atoms with Gasteiger partial charge in [0.1, 0.15) is 5.75 Å². The minimum atomic E-state index is -0.648. The topological polar surface area (TPSA) is 113 Å². The number of benzene rings is 2. The molecule has 0 spiro atoms. The second-order valence-electron chi connectivity index (χ2n) is 5.50. The lowest BCUT2D eigenvalue weighted by atomic mass is 10.1. The van der Waals surface area contributed by atoms with Crippen LogP contribution in [-0.2, 0) is 4.79 Å². The number of carbonyl (C=O) groups is 2. The summed E-state index contributed by atoms with van der Waals surface area (Å²) >= 11 is 0. The molecule has 3 N–H and O–H groups in total. The molecule has 0 saturated carbocycles. The molecule has 136 valence electrons. The smallest absolute Gasteiger partial charge is 0.290 e. The number of rotatable bonds is 4. The second-order valence-corrected chi connectivity index (χ2v) is 5.50. The summed E-state index contributed by atoms with van der Waals surface area (Å²) in [5.74, 6) is -0.507. The Kier molecular flexibility index (Phi) is 5.27. The zero-order chi connectivity index (χ0) is 19.2. The third-order valence-electron chi connectivity index (χ3n) is 3.73. The van der Waals surface area contributed by atoms with Crippen LogP contribution in [0.3, 0.4) is 0 Å². The van der Waals surface area contributed by atoms with E-state index in [1.165, 1.54) is 6.08 Å². The number of ether oxygens (including phenoxy) is 1. The first-order valence-electron chi connectivity index (χ1n) is 7.98. The standard InChI is InChI=1S/C19H16N4O4/c1-27-13-6-4-5-12(11-13)9-10-16(24)20-23-19(26)17-14-7-2-3-8-15(14)18(25)22-21-17/h2-11H,1H3,(H,20,24)(H,22,25)(H,23,26)/b10-9+. The van der Waals surface area contributed by atoms with Crippen molar-refractivity contribution in [3.8, 4) is 5.75 Å². The number of hydrogen-bond acceptors (Lipinski definition) is 5. The highest BCUT2D eigenvalue weighted by Crippen LogP contribution is 2.13. The van der Waals surface area contributed by atoms with E-state index in [1.54, 1.807) is 61.7 Å². The van der Waals surface area contributed by atoms with Crippen LogP contribution in [0.15, 0.2) is 59.4 Å². The van der Waals surface area contributed by atoms with Crippen molar-refractivity contribution >= 4 is 28.7 Å². The molecule has 8 heteroatoms. The normalized spacial score (nSPS) is 10.7. The average Bonchev–Trinajstić information content (AvgIpc) is 2.71. The molecule has 0 bridgehead atoms. The van der Waals surface area contributed by atoms with Gasteiger partial charge >= 0.3 is 0 Å². The molecule has 0 fully saturated rings. The van der Waals surface area contributed by atoms with Gasteiger partial charge in [0.25, 0.3) is 17.4 Å². The maximum Gasteiger partial charge on any atom is 0.290 e. The van der Waals surface area contributed by atoms with Gasteiger partial charge < -0.3 is 4.74 Å². The Labute approximate surface area is 153 Å². The first kappa shape index (κ1) is 17.9. The molecule has 2 amide bonds. The fourth-order valence-electron chi connectivity index (χ4n) is 2.42. The molecule has 1 heterocycles. The van der Waals surface area contributed by atoms with Crippen molar-refractivity contribution in [2.75, 3.05) is 7.11 Å². The third-order valence-corrected chi connectivity index (χ3v) is 3.73. The molecule has 0 aliphatic carbocycles. The van der Waals surface area contributed by atoms with Gasteiger partial charge in [0.05, 0.1) is 12.5 Å². The van der Waals surface area contributed by atoms with E-state index in [2.05, 4.69) is 21.0 Å². The molecule has 27 heavy (non-hydrogen) atoms. The van der Waals surface area contributed by atoms with Crippen LogP contribution >= 0.6 is 0 Å². The minimum Gasteiger partial charge on any atom is -0.497 e. The first-order valence-corrected chi connectivity index (χ1v) is 7.98. The fraction of sp³-hybridized carbons (Fsp3) is 0.0526. The molecule has 0 atom stereocenters. The number of fused-ring (bicyclic) bond motifs is 1. The number of hydrazine groups is 1. The third kappa shape index (κ3) is 4.18. The Hall–Kier alpha value is -3.94. The Morgan fingerprint density at radius 1 is 1.07 bits per heavy atom. The van der Waals surface area contributed by atoms with E-state index in [4.69, 9.17) is 4.74 Å². The van der Waals surface area contributed by atoms with Gasteiger partial charge in [-0.25, -0.2) is 5.10 Å². The predicted molar refractivity (Wildman–Crippen MR) is 100 cm³/mol. The van der Waals surface area contributed by atoms with Crippen molar-refractivity contribution in [2.24, 2.45) is 0 Å². The quantitative estimate of drug-likeness (QED) is 0.478. The summed E-state index contributed by atoms with van der Waals surface area (Å²) in [6.07, 6.45) is 2.85. The predicted octanol–water partition coefficient (Wildman–Crippen LogP) is 1.41. The highest BCUT2D eigenvalue weighted by molar-refractivity contribution is 6.05. The summed E-state index contributed by atoms with van der Waals surface area (Å²) in [5, 5.41) is 6.75. The Morgan fingerprint density at radius 3 is 2.63 bits per heavy atom. The Morgan fingerprint density at radius 2 is 1.85 bits per heavy atom. The molecule has 1 aromatic heterocycles. The van der Waals surface area contributed by atoms with Crippen molar-refractivity contribution in [3.05, 3.63) is 76.2 Å². The number of carbonyl (C=O) groups excluding carboxylic acids is 2. The minimum absolute atomic E-state index is 0.00211. The number of H-pyrrole nitrogens is 1. The molecule has 0 radical (unpaired) electrons. The van der Waals surface area contributed by atoms with E-state index >= 15 is 0 Å². The maximum absolute atomic E-state index is 12.3. The Bertz CT molecular complexity index is 1090. The molecule has 0 aliphatic rings. The summed E-state index contributed by atoms with van der Waals surface area (Å²) in [6, 6.07) is 13.7. The second kappa shape index (κ2) is 7.96. The van der Waals surface area contributed by atoms with Gasteiger partial charge in [0.2, 0.25) is 0 Å². The number of amides is 2. The molecule has 0 unspecified atom stereocenters. The number of nitrogens with one attached hydrogen (secondary N) is 3. The van der Waals surface area contributed by atoms with Crippen LogP contribution < -0.4 is 21.1 Å². The molecule has 8 nitrogen and oxygen atoms in total. The van der Waals surface area contributed by atoms with Gasteiger partial charge in [0, 0.05) is 11.5 Å². The molecule has 2 aromatic carbocycles. The van der Waals surface area contributed by atoms with Crippen LogP contribution in [0.1, 0.15) is 16.1 Å². The monoisotopic (exact) mass is 364 g/mol. The number of hydrogen-bond donors (Lipinski definition) is 3. The molecular weight excluding hydrogens is 348 g/mol. The van der Waals surface area contributed by atoms with Crippen molar-refractivity contribution in [1.82, 2.24) is 21.0 Å². The first-order chi connectivity index (χ1) is 13.1. The largest absolute Gasteiger partial charge is 0.497 e. The van der Waals surface area contributed by atoms with Crippen LogP contribution in [0.25, 0.3) is 16.8 Å². The van der Waals surface area contributed by atoms with Crippen molar-refractivity contribution < 1.29 is 14.3 Å². The number of methoxy groups -OCH3 is 1. The van der Waals surface area contributed by atoms with Gasteiger partial charge in [-0.3, -0.25) is 25.2 Å². The van der Waals surface area contributed by atoms with Crippen molar-refractivity contribution in [2.45, 2.75) is 0 Å². The highest BCUT2D eigenvalue weighted by Gasteiger charge is 2.14. The van der Waals surface area contributed by atoms with Crippen LogP contribution in [-0.4, -0.2) is 29.1 Å². The summed E-state index contributed by atoms with van der Waals surface area (Å²) in [5.41, 5.74) is 4.91. The number of nitrogens with zero attached hydrogens (tertiary/aromatic N) is 1. The molecule has 0 aliphatic heterocycles. The average molecular weight is 364 g/mol. The van der Waals surface area contributed by atoms with Gasteiger partial charge in [-0.2, -0.15) is 5.10 Å².